The van der Waals surface area contributed by atoms with E-state index in [-0.39, 0.29) is 5.92 Å². The van der Waals surface area contributed by atoms with Crippen LogP contribution in [0.5, 0.6) is 0 Å². The van der Waals surface area contributed by atoms with Crippen LogP contribution < -0.4 is 5.73 Å². The molecule has 2 heterocycles. The SMILES string of the molecule is Cc1c(N)nc(C(C)C)nc1Sc1ncn[nH]1. The molecule has 0 atom stereocenters. The minimum atomic E-state index is 0.243. The minimum Gasteiger partial charge on any atom is -0.383 e. The second kappa shape index (κ2) is 4.70. The lowest BCUT2D eigenvalue weighted by Gasteiger charge is -2.10. The summed E-state index contributed by atoms with van der Waals surface area (Å²) in [6.07, 6.45) is 1.46. The number of H-pyrrole nitrogens is 1. The van der Waals surface area contributed by atoms with Crippen LogP contribution in [0.4, 0.5) is 5.82 Å². The largest absolute Gasteiger partial charge is 0.383 e. The summed E-state index contributed by atoms with van der Waals surface area (Å²) in [7, 11) is 0. The number of nitrogens with two attached hydrogens (primary N) is 1. The lowest BCUT2D eigenvalue weighted by Crippen LogP contribution is -2.05. The highest BCUT2D eigenvalue weighted by Gasteiger charge is 2.13. The predicted octanol–water partition coefficient (Wildman–Crippen LogP) is 1.76. The first kappa shape index (κ1) is 11.8. The summed E-state index contributed by atoms with van der Waals surface area (Å²) in [6, 6.07) is 0. The second-order valence-electron chi connectivity index (χ2n) is 3.94. The maximum atomic E-state index is 5.88. The molecule has 0 amide bonds. The van der Waals surface area contributed by atoms with E-state index in [1.54, 1.807) is 0 Å². The lowest BCUT2D eigenvalue weighted by atomic mass is 10.2. The van der Waals surface area contributed by atoms with Gasteiger partial charge in [-0.15, -0.1) is 0 Å². The highest BCUT2D eigenvalue weighted by atomic mass is 32.2. The van der Waals surface area contributed by atoms with Gasteiger partial charge in [-0.1, -0.05) is 13.8 Å². The fourth-order valence-corrected chi connectivity index (χ4v) is 2.00. The van der Waals surface area contributed by atoms with Crippen molar-refractivity contribution in [3.63, 3.8) is 0 Å². The van der Waals surface area contributed by atoms with Crippen LogP contribution in [0.15, 0.2) is 16.5 Å². The van der Waals surface area contributed by atoms with Gasteiger partial charge in [0.05, 0.1) is 0 Å². The molecule has 2 aromatic rings. The zero-order valence-corrected chi connectivity index (χ0v) is 10.7. The smallest absolute Gasteiger partial charge is 0.189 e. The van der Waals surface area contributed by atoms with Crippen LogP contribution in [-0.2, 0) is 0 Å². The fraction of sp³-hybridized carbons (Fsp3) is 0.400. The van der Waals surface area contributed by atoms with E-state index in [0.717, 1.165) is 16.4 Å². The summed E-state index contributed by atoms with van der Waals surface area (Å²) in [5.41, 5.74) is 6.75. The van der Waals surface area contributed by atoms with Crippen LogP contribution in [0, 0.1) is 6.92 Å². The van der Waals surface area contributed by atoms with Crippen molar-refractivity contribution in [2.24, 2.45) is 0 Å². The normalized spacial score (nSPS) is 11.1. The number of nitrogens with one attached hydrogen (secondary N) is 1. The highest BCUT2D eigenvalue weighted by Crippen LogP contribution is 2.28. The average molecular weight is 250 g/mol. The van der Waals surface area contributed by atoms with Gasteiger partial charge in [-0.05, 0) is 18.7 Å². The number of nitrogen functional groups attached to an aromatic ring is 1. The Morgan fingerprint density at radius 1 is 1.35 bits per heavy atom. The summed E-state index contributed by atoms with van der Waals surface area (Å²) in [5, 5.41) is 8.09. The van der Waals surface area contributed by atoms with Crippen LogP contribution in [0.1, 0.15) is 31.2 Å². The van der Waals surface area contributed by atoms with Crippen molar-refractivity contribution in [1.82, 2.24) is 25.1 Å². The van der Waals surface area contributed by atoms with Crippen LogP contribution >= 0.6 is 11.8 Å². The Morgan fingerprint density at radius 2 is 2.12 bits per heavy atom. The minimum absolute atomic E-state index is 0.243. The molecule has 90 valence electrons. The molecule has 17 heavy (non-hydrogen) atoms. The van der Waals surface area contributed by atoms with E-state index in [1.807, 2.05) is 20.8 Å². The Labute approximate surface area is 103 Å². The van der Waals surface area contributed by atoms with Gasteiger partial charge in [0.25, 0.3) is 0 Å². The quantitative estimate of drug-likeness (QED) is 0.806. The first-order valence-electron chi connectivity index (χ1n) is 5.25. The number of hydrogen-bond donors (Lipinski definition) is 2. The fourth-order valence-electron chi connectivity index (χ4n) is 1.22. The van der Waals surface area contributed by atoms with E-state index in [2.05, 4.69) is 25.1 Å². The molecule has 0 aliphatic carbocycles. The number of aromatic amines is 1. The van der Waals surface area contributed by atoms with Gasteiger partial charge >= 0.3 is 0 Å². The van der Waals surface area contributed by atoms with Gasteiger partial charge in [-0.3, -0.25) is 5.10 Å². The average Bonchev–Trinajstić information content (AvgIpc) is 2.77. The summed E-state index contributed by atoms with van der Waals surface area (Å²) in [6.45, 7) is 5.97. The molecule has 0 radical (unpaired) electrons. The molecule has 6 nitrogen and oxygen atoms in total. The molecular weight excluding hydrogens is 236 g/mol. The monoisotopic (exact) mass is 250 g/mol. The van der Waals surface area contributed by atoms with E-state index < -0.39 is 0 Å². The molecule has 0 spiro atoms. The van der Waals surface area contributed by atoms with E-state index in [4.69, 9.17) is 5.73 Å². The molecule has 0 saturated heterocycles. The maximum Gasteiger partial charge on any atom is 0.189 e. The summed E-state index contributed by atoms with van der Waals surface area (Å²) < 4.78 is 0. The molecule has 0 bridgehead atoms. The van der Waals surface area contributed by atoms with Gasteiger partial charge in [-0.2, -0.15) is 5.10 Å². The third kappa shape index (κ3) is 2.55. The van der Waals surface area contributed by atoms with Gasteiger partial charge in [0.15, 0.2) is 5.16 Å². The maximum absolute atomic E-state index is 5.88. The molecule has 0 unspecified atom stereocenters. The van der Waals surface area contributed by atoms with E-state index >= 15 is 0 Å². The van der Waals surface area contributed by atoms with Gasteiger partial charge in [0.2, 0.25) is 0 Å². The molecular formula is C10H14N6S. The van der Waals surface area contributed by atoms with Crippen molar-refractivity contribution in [2.45, 2.75) is 36.9 Å². The van der Waals surface area contributed by atoms with Crippen molar-refractivity contribution < 1.29 is 0 Å². The van der Waals surface area contributed by atoms with E-state index in [1.165, 1.54) is 18.1 Å². The third-order valence-electron chi connectivity index (χ3n) is 2.26. The predicted molar refractivity (Wildman–Crippen MR) is 65.8 cm³/mol. The zero-order valence-electron chi connectivity index (χ0n) is 9.93. The molecule has 0 aliphatic rings. The van der Waals surface area contributed by atoms with E-state index in [0.29, 0.717) is 11.0 Å². The molecule has 7 heteroatoms. The van der Waals surface area contributed by atoms with Crippen molar-refractivity contribution in [1.29, 1.82) is 0 Å². The Balaban J connectivity index is 2.38. The van der Waals surface area contributed by atoms with Gasteiger partial charge in [0, 0.05) is 11.5 Å². The number of aromatic nitrogens is 5. The van der Waals surface area contributed by atoms with Crippen molar-refractivity contribution in [2.75, 3.05) is 5.73 Å². The molecule has 0 fully saturated rings. The standard InChI is InChI=1S/C10H14N6S/c1-5(2)8-14-7(11)6(3)9(15-8)17-10-12-4-13-16-10/h4-5H,1-3H3,(H2,11,14,15)(H,12,13,16). The Kier molecular flexibility index (Phi) is 3.28. The summed E-state index contributed by atoms with van der Waals surface area (Å²) in [4.78, 5) is 12.8. The Morgan fingerprint density at radius 3 is 2.71 bits per heavy atom. The number of rotatable bonds is 3. The lowest BCUT2D eigenvalue weighted by molar-refractivity contribution is 0.750. The van der Waals surface area contributed by atoms with Crippen molar-refractivity contribution in [3.8, 4) is 0 Å². The third-order valence-corrected chi connectivity index (χ3v) is 3.24. The second-order valence-corrected chi connectivity index (χ2v) is 4.92. The zero-order chi connectivity index (χ0) is 12.4. The number of hydrogen-bond acceptors (Lipinski definition) is 6. The van der Waals surface area contributed by atoms with Crippen LogP contribution in [-0.4, -0.2) is 25.1 Å². The molecule has 0 aromatic carbocycles. The molecule has 0 aliphatic heterocycles. The van der Waals surface area contributed by atoms with Crippen LogP contribution in [0.25, 0.3) is 0 Å². The molecule has 0 saturated carbocycles. The van der Waals surface area contributed by atoms with Crippen molar-refractivity contribution in [3.05, 3.63) is 17.7 Å². The van der Waals surface area contributed by atoms with Gasteiger partial charge in [0.1, 0.15) is 23.0 Å². The molecule has 2 aromatic heterocycles. The van der Waals surface area contributed by atoms with Crippen LogP contribution in [0.2, 0.25) is 0 Å². The van der Waals surface area contributed by atoms with E-state index in [9.17, 15) is 0 Å². The number of nitrogens with zero attached hydrogens (tertiary/aromatic N) is 4. The van der Waals surface area contributed by atoms with Crippen LogP contribution in [0.3, 0.4) is 0 Å². The first-order valence-corrected chi connectivity index (χ1v) is 6.06. The van der Waals surface area contributed by atoms with Crippen molar-refractivity contribution >= 4 is 17.6 Å². The molecule has 3 N–H and O–H groups in total. The highest BCUT2D eigenvalue weighted by molar-refractivity contribution is 7.99. The summed E-state index contributed by atoms with van der Waals surface area (Å²) >= 11 is 1.41. The Bertz CT molecular complexity index is 508. The van der Waals surface area contributed by atoms with Gasteiger partial charge in [-0.25, -0.2) is 15.0 Å². The first-order chi connectivity index (χ1) is 8.08. The van der Waals surface area contributed by atoms with Gasteiger partial charge < -0.3 is 5.73 Å². The number of anilines is 1. The topological polar surface area (TPSA) is 93.4 Å². The molecule has 2 rings (SSSR count). The Hall–Kier alpha value is -1.63. The summed E-state index contributed by atoms with van der Waals surface area (Å²) in [5.74, 6) is 1.51.